The zero-order valence-electron chi connectivity index (χ0n) is 10.7. The highest BCUT2D eigenvalue weighted by Crippen LogP contribution is 2.24. The topological polar surface area (TPSA) is 55.6 Å². The Hall–Kier alpha value is -1.71. The van der Waals surface area contributed by atoms with Gasteiger partial charge in [-0.25, -0.2) is 4.79 Å². The van der Waals surface area contributed by atoms with Gasteiger partial charge in [-0.1, -0.05) is 13.8 Å². The first kappa shape index (κ1) is 13.4. The zero-order valence-corrected chi connectivity index (χ0v) is 10.7. The summed E-state index contributed by atoms with van der Waals surface area (Å²) in [5.41, 5.74) is 8.24. The van der Waals surface area contributed by atoms with E-state index in [2.05, 4.69) is 0 Å². The molecule has 0 atom stereocenters. The average molecular weight is 236 g/mol. The third kappa shape index (κ3) is 3.12. The van der Waals surface area contributed by atoms with Gasteiger partial charge in [-0.2, -0.15) is 0 Å². The lowest BCUT2D eigenvalue weighted by atomic mass is 10.1. The summed E-state index contributed by atoms with van der Waals surface area (Å²) in [7, 11) is 0. The van der Waals surface area contributed by atoms with E-state index in [4.69, 9.17) is 10.5 Å². The van der Waals surface area contributed by atoms with Gasteiger partial charge in [0.05, 0.1) is 12.3 Å². The third-order valence-electron chi connectivity index (χ3n) is 2.48. The number of hydrogen-bond donors (Lipinski definition) is 1. The predicted molar refractivity (Wildman–Crippen MR) is 70.3 cm³/mol. The second kappa shape index (κ2) is 6.13. The molecule has 2 rings (SSSR count). The number of aryl methyl sites for hydroxylation is 1. The molecule has 1 amide bonds. The van der Waals surface area contributed by atoms with Crippen molar-refractivity contribution in [3.63, 3.8) is 0 Å². The molecule has 2 N–H and O–H groups in total. The molecule has 0 unspecified atom stereocenters. The molecule has 94 valence electrons. The Morgan fingerprint density at radius 2 is 2.06 bits per heavy atom. The van der Waals surface area contributed by atoms with Gasteiger partial charge in [0.25, 0.3) is 0 Å². The molecule has 1 aromatic rings. The molecule has 1 saturated heterocycles. The molecule has 0 bridgehead atoms. The molecule has 1 aromatic carbocycles. The summed E-state index contributed by atoms with van der Waals surface area (Å²) in [5, 5.41) is 0. The number of rotatable bonds is 1. The fraction of sp³-hybridized carbons (Fsp3) is 0.462. The number of ether oxygens (including phenoxy) is 1. The van der Waals surface area contributed by atoms with Crippen molar-refractivity contribution in [2.24, 2.45) is 0 Å². The van der Waals surface area contributed by atoms with Gasteiger partial charge in [-0.05, 0) is 37.1 Å². The summed E-state index contributed by atoms with van der Waals surface area (Å²) in [4.78, 5) is 13.2. The summed E-state index contributed by atoms with van der Waals surface area (Å²) < 4.78 is 4.99. The summed E-state index contributed by atoms with van der Waals surface area (Å²) in [6.45, 7) is 7.17. The van der Waals surface area contributed by atoms with Crippen LogP contribution in [0.15, 0.2) is 18.2 Å². The lowest BCUT2D eigenvalue weighted by Crippen LogP contribution is -2.38. The van der Waals surface area contributed by atoms with Crippen LogP contribution in [0.4, 0.5) is 16.2 Å². The molecule has 4 nitrogen and oxygen atoms in total. The smallest absolute Gasteiger partial charge is 0.414 e. The van der Waals surface area contributed by atoms with Crippen LogP contribution in [0.3, 0.4) is 0 Å². The number of carbonyl (C=O) groups excluding carboxylic acids is 1. The highest BCUT2D eigenvalue weighted by Gasteiger charge is 2.22. The second-order valence-corrected chi connectivity index (χ2v) is 3.67. The van der Waals surface area contributed by atoms with Crippen molar-refractivity contribution >= 4 is 17.5 Å². The molecule has 0 aromatic heterocycles. The lowest BCUT2D eigenvalue weighted by Gasteiger charge is -2.27. The summed E-state index contributed by atoms with van der Waals surface area (Å²) >= 11 is 0. The van der Waals surface area contributed by atoms with Crippen LogP contribution in [0.5, 0.6) is 0 Å². The van der Waals surface area contributed by atoms with Gasteiger partial charge in [0.1, 0.15) is 0 Å². The number of hydrogen-bond acceptors (Lipinski definition) is 3. The van der Waals surface area contributed by atoms with E-state index in [1.54, 1.807) is 11.0 Å². The number of benzene rings is 1. The van der Waals surface area contributed by atoms with Crippen molar-refractivity contribution in [2.45, 2.75) is 27.2 Å². The summed E-state index contributed by atoms with van der Waals surface area (Å²) in [5.74, 6) is 0. The number of carbonyl (C=O) groups is 1. The number of cyclic esters (lactones) is 1. The number of nitrogens with two attached hydrogens (primary N) is 1. The fourth-order valence-electron chi connectivity index (χ4n) is 1.75. The largest absolute Gasteiger partial charge is 0.449 e. The maximum atomic E-state index is 11.5. The minimum absolute atomic E-state index is 0.269. The molecule has 17 heavy (non-hydrogen) atoms. The van der Waals surface area contributed by atoms with E-state index in [0.717, 1.165) is 17.7 Å². The SMILES string of the molecule is CC.Cc1cc(N)ccc1N1CCCOC1=O. The van der Waals surface area contributed by atoms with E-state index in [1.807, 2.05) is 32.9 Å². The number of nitrogens with zero attached hydrogens (tertiary/aromatic N) is 1. The first-order valence-corrected chi connectivity index (χ1v) is 5.99. The van der Waals surface area contributed by atoms with Crippen molar-refractivity contribution < 1.29 is 9.53 Å². The van der Waals surface area contributed by atoms with Gasteiger partial charge in [-0.15, -0.1) is 0 Å². The molecular formula is C13H20N2O2. The van der Waals surface area contributed by atoms with Crippen molar-refractivity contribution in [1.29, 1.82) is 0 Å². The summed E-state index contributed by atoms with van der Waals surface area (Å²) in [6, 6.07) is 5.51. The number of amides is 1. The monoisotopic (exact) mass is 236 g/mol. The molecule has 0 aliphatic carbocycles. The van der Waals surface area contributed by atoms with E-state index in [0.29, 0.717) is 18.8 Å². The molecule has 4 heteroatoms. The van der Waals surface area contributed by atoms with E-state index >= 15 is 0 Å². The Balaban J connectivity index is 0.000000686. The third-order valence-corrected chi connectivity index (χ3v) is 2.48. The second-order valence-electron chi connectivity index (χ2n) is 3.67. The molecule has 1 aliphatic heterocycles. The quantitative estimate of drug-likeness (QED) is 0.763. The Kier molecular flexibility index (Phi) is 4.82. The average Bonchev–Trinajstić information content (AvgIpc) is 2.33. The maximum Gasteiger partial charge on any atom is 0.414 e. The predicted octanol–water partition coefficient (Wildman–Crippen LogP) is 2.95. The van der Waals surface area contributed by atoms with Crippen LogP contribution < -0.4 is 10.6 Å². The number of anilines is 2. The van der Waals surface area contributed by atoms with Gasteiger partial charge in [0.2, 0.25) is 0 Å². The van der Waals surface area contributed by atoms with E-state index < -0.39 is 0 Å². The summed E-state index contributed by atoms with van der Waals surface area (Å²) in [6.07, 6.45) is 0.601. The fourth-order valence-corrected chi connectivity index (χ4v) is 1.75. The normalized spacial score (nSPS) is 14.8. The Morgan fingerprint density at radius 1 is 1.35 bits per heavy atom. The molecule has 0 spiro atoms. The van der Waals surface area contributed by atoms with E-state index in [-0.39, 0.29) is 6.09 Å². The molecule has 1 heterocycles. The Labute approximate surface area is 102 Å². The molecular weight excluding hydrogens is 216 g/mol. The van der Waals surface area contributed by atoms with Crippen LogP contribution in [-0.2, 0) is 4.74 Å². The molecule has 1 fully saturated rings. The highest BCUT2D eigenvalue weighted by molar-refractivity contribution is 5.89. The Morgan fingerprint density at radius 3 is 2.65 bits per heavy atom. The van der Waals surface area contributed by atoms with E-state index in [1.165, 1.54) is 0 Å². The minimum Gasteiger partial charge on any atom is -0.449 e. The van der Waals surface area contributed by atoms with Crippen molar-refractivity contribution in [2.75, 3.05) is 23.8 Å². The van der Waals surface area contributed by atoms with Crippen LogP contribution >= 0.6 is 0 Å². The van der Waals surface area contributed by atoms with Crippen LogP contribution in [-0.4, -0.2) is 19.2 Å². The molecule has 0 radical (unpaired) electrons. The van der Waals surface area contributed by atoms with Gasteiger partial charge in [0.15, 0.2) is 0 Å². The van der Waals surface area contributed by atoms with Crippen molar-refractivity contribution in [3.05, 3.63) is 23.8 Å². The Bertz CT molecular complexity index is 391. The van der Waals surface area contributed by atoms with Crippen molar-refractivity contribution in [3.8, 4) is 0 Å². The lowest BCUT2D eigenvalue weighted by molar-refractivity contribution is 0.140. The van der Waals surface area contributed by atoms with Crippen LogP contribution in [0, 0.1) is 6.92 Å². The van der Waals surface area contributed by atoms with Gasteiger partial charge in [0, 0.05) is 12.2 Å². The number of nitrogen functional groups attached to an aromatic ring is 1. The highest BCUT2D eigenvalue weighted by atomic mass is 16.6. The van der Waals surface area contributed by atoms with Crippen LogP contribution in [0.1, 0.15) is 25.8 Å². The van der Waals surface area contributed by atoms with Crippen LogP contribution in [0.25, 0.3) is 0 Å². The first-order chi connectivity index (χ1) is 8.18. The van der Waals surface area contributed by atoms with Gasteiger partial charge >= 0.3 is 6.09 Å². The van der Waals surface area contributed by atoms with E-state index in [9.17, 15) is 4.79 Å². The maximum absolute atomic E-state index is 11.5. The van der Waals surface area contributed by atoms with Crippen LogP contribution in [0.2, 0.25) is 0 Å². The first-order valence-electron chi connectivity index (χ1n) is 5.99. The van der Waals surface area contributed by atoms with Crippen molar-refractivity contribution in [1.82, 2.24) is 0 Å². The molecule has 1 aliphatic rings. The van der Waals surface area contributed by atoms with Gasteiger partial charge < -0.3 is 10.5 Å². The zero-order chi connectivity index (χ0) is 12.8. The standard InChI is InChI=1S/C11H14N2O2.C2H6/c1-8-7-9(12)3-4-10(8)13-5-2-6-15-11(13)14;1-2/h3-4,7H,2,5-6,12H2,1H3;1-2H3. The minimum atomic E-state index is -0.269. The molecule has 0 saturated carbocycles. The van der Waals surface area contributed by atoms with Gasteiger partial charge in [-0.3, -0.25) is 4.90 Å².